The van der Waals surface area contributed by atoms with Gasteiger partial charge in [0.1, 0.15) is 29.3 Å². The second-order valence-corrected chi connectivity index (χ2v) is 8.03. The normalized spacial score (nSPS) is 14.8. The van der Waals surface area contributed by atoms with Crippen LogP contribution in [-0.2, 0) is 4.79 Å². The average Bonchev–Trinajstić information content (AvgIpc) is 2.86. The highest BCUT2D eigenvalue weighted by Crippen LogP contribution is 2.36. The number of hydrogen-bond donors (Lipinski definition) is 1. The first kappa shape index (κ1) is 22.2. The van der Waals surface area contributed by atoms with Crippen LogP contribution < -0.4 is 25.3 Å². The Balaban J connectivity index is 1.34. The van der Waals surface area contributed by atoms with Gasteiger partial charge in [0, 0.05) is 17.1 Å². The lowest BCUT2D eigenvalue weighted by molar-refractivity contribution is -0.125. The van der Waals surface area contributed by atoms with Crippen molar-refractivity contribution in [2.45, 2.75) is 13.0 Å². The molecule has 1 aliphatic heterocycles. The van der Waals surface area contributed by atoms with Crippen LogP contribution in [0.1, 0.15) is 17.3 Å². The van der Waals surface area contributed by atoms with Gasteiger partial charge in [0.15, 0.2) is 6.10 Å². The van der Waals surface area contributed by atoms with Gasteiger partial charge < -0.3 is 24.1 Å². The van der Waals surface area contributed by atoms with Gasteiger partial charge in [-0.05, 0) is 43.3 Å². The molecule has 8 nitrogen and oxygen atoms in total. The molecule has 1 aromatic heterocycles. The number of fused-ring (bicyclic) bond motifs is 2. The molecule has 4 aromatic rings. The van der Waals surface area contributed by atoms with Gasteiger partial charge in [-0.15, -0.1) is 0 Å². The van der Waals surface area contributed by atoms with Gasteiger partial charge in [0.05, 0.1) is 12.2 Å². The van der Waals surface area contributed by atoms with Crippen LogP contribution in [0.4, 0.5) is 11.4 Å². The van der Waals surface area contributed by atoms with Gasteiger partial charge in [-0.2, -0.15) is 0 Å². The minimum absolute atomic E-state index is 0.106. The maximum absolute atomic E-state index is 12.8. The van der Waals surface area contributed by atoms with E-state index in [1.807, 2.05) is 30.3 Å². The molecule has 5 rings (SSSR count). The Kier molecular flexibility index (Phi) is 5.93. The predicted molar refractivity (Wildman–Crippen MR) is 131 cm³/mol. The van der Waals surface area contributed by atoms with Crippen molar-refractivity contribution in [1.29, 1.82) is 0 Å². The number of carbonyl (C=O) groups excluding carboxylic acids is 2. The van der Waals surface area contributed by atoms with Gasteiger partial charge in [0.25, 0.3) is 11.8 Å². The van der Waals surface area contributed by atoms with Gasteiger partial charge in [0.2, 0.25) is 0 Å². The second kappa shape index (κ2) is 9.34. The molecule has 0 fully saturated rings. The third-order valence-electron chi connectivity index (χ3n) is 5.64. The van der Waals surface area contributed by atoms with E-state index in [9.17, 15) is 14.4 Å². The first-order chi connectivity index (χ1) is 17.0. The number of amides is 2. The van der Waals surface area contributed by atoms with Crippen LogP contribution in [0.15, 0.2) is 88.1 Å². The molecule has 3 aromatic carbocycles. The van der Waals surface area contributed by atoms with Crippen molar-refractivity contribution in [2.75, 3.05) is 23.4 Å². The summed E-state index contributed by atoms with van der Waals surface area (Å²) in [5, 5.41) is 3.36. The summed E-state index contributed by atoms with van der Waals surface area (Å²) < 4.78 is 16.8. The van der Waals surface area contributed by atoms with Gasteiger partial charge >= 0.3 is 5.63 Å². The van der Waals surface area contributed by atoms with E-state index in [4.69, 9.17) is 13.9 Å². The summed E-state index contributed by atoms with van der Waals surface area (Å²) in [5.74, 6) is 0.384. The van der Waals surface area contributed by atoms with Crippen LogP contribution in [0.5, 0.6) is 11.5 Å². The molecule has 176 valence electrons. The molecule has 0 radical (unpaired) electrons. The van der Waals surface area contributed by atoms with Crippen molar-refractivity contribution in [2.24, 2.45) is 0 Å². The van der Waals surface area contributed by atoms with Crippen molar-refractivity contribution < 1.29 is 23.5 Å². The van der Waals surface area contributed by atoms with Gasteiger partial charge in [-0.3, -0.25) is 9.59 Å². The molecule has 1 unspecified atom stereocenters. The van der Waals surface area contributed by atoms with Crippen LogP contribution in [0.25, 0.3) is 11.0 Å². The van der Waals surface area contributed by atoms with Crippen LogP contribution in [0.2, 0.25) is 0 Å². The van der Waals surface area contributed by atoms with E-state index in [1.54, 1.807) is 54.3 Å². The molecular formula is C27H22N2O6. The quantitative estimate of drug-likeness (QED) is 0.424. The molecule has 0 saturated heterocycles. The number of hydrogen-bond acceptors (Lipinski definition) is 6. The number of nitrogens with zero attached hydrogens (tertiary/aromatic N) is 1. The fourth-order valence-corrected chi connectivity index (χ4v) is 3.91. The van der Waals surface area contributed by atoms with Gasteiger partial charge in [-0.25, -0.2) is 4.79 Å². The monoisotopic (exact) mass is 470 g/mol. The Morgan fingerprint density at radius 1 is 1.00 bits per heavy atom. The van der Waals surface area contributed by atoms with E-state index in [-0.39, 0.29) is 11.5 Å². The lowest BCUT2D eigenvalue weighted by atomic mass is 10.1. The number of anilines is 2. The van der Waals surface area contributed by atoms with Crippen molar-refractivity contribution in [3.05, 3.63) is 94.8 Å². The molecule has 1 aliphatic rings. The lowest BCUT2D eigenvalue weighted by Crippen LogP contribution is -2.46. The van der Waals surface area contributed by atoms with Crippen LogP contribution in [-0.4, -0.2) is 31.1 Å². The fourth-order valence-electron chi connectivity index (χ4n) is 3.91. The minimum atomic E-state index is -0.723. The SMILES string of the molecule is CC1Oc2cc(NC(=O)c3cc4ccccc4oc3=O)ccc2N(CCOc2ccccc2)C1=O. The summed E-state index contributed by atoms with van der Waals surface area (Å²) in [6.07, 6.45) is -0.697. The molecule has 0 saturated carbocycles. The molecule has 2 amide bonds. The Bertz CT molecular complexity index is 1460. The summed E-state index contributed by atoms with van der Waals surface area (Å²) in [6.45, 7) is 2.30. The number of benzene rings is 3. The summed E-state index contributed by atoms with van der Waals surface area (Å²) in [7, 11) is 0. The topological polar surface area (TPSA) is 98.1 Å². The first-order valence-electron chi connectivity index (χ1n) is 11.1. The van der Waals surface area contributed by atoms with Crippen LogP contribution in [0.3, 0.4) is 0 Å². The zero-order chi connectivity index (χ0) is 24.4. The highest BCUT2D eigenvalue weighted by atomic mass is 16.5. The Morgan fingerprint density at radius 3 is 2.60 bits per heavy atom. The zero-order valence-electron chi connectivity index (χ0n) is 18.9. The van der Waals surface area contributed by atoms with E-state index in [1.165, 1.54) is 6.07 Å². The Morgan fingerprint density at radius 2 is 1.77 bits per heavy atom. The third kappa shape index (κ3) is 4.59. The summed E-state index contributed by atoms with van der Waals surface area (Å²) in [4.78, 5) is 39.5. The molecule has 2 heterocycles. The minimum Gasteiger partial charge on any atom is -0.492 e. The highest BCUT2D eigenvalue weighted by molar-refractivity contribution is 6.06. The van der Waals surface area contributed by atoms with Crippen molar-refractivity contribution in [3.63, 3.8) is 0 Å². The standard InChI is InChI=1S/C27H22N2O6/c1-17-26(31)29(13-14-33-20-8-3-2-4-9-20)22-12-11-19(16-24(22)34-17)28-25(30)21-15-18-7-5-6-10-23(18)35-27(21)32/h2-12,15-17H,13-14H2,1H3,(H,28,30). The molecule has 0 bridgehead atoms. The summed E-state index contributed by atoms with van der Waals surface area (Å²) in [6, 6.07) is 22.8. The van der Waals surface area contributed by atoms with E-state index in [0.29, 0.717) is 41.2 Å². The molecule has 35 heavy (non-hydrogen) atoms. The second-order valence-electron chi connectivity index (χ2n) is 8.03. The maximum Gasteiger partial charge on any atom is 0.349 e. The molecule has 1 atom stereocenters. The summed E-state index contributed by atoms with van der Waals surface area (Å²) >= 11 is 0. The van der Waals surface area contributed by atoms with Gasteiger partial charge in [-0.1, -0.05) is 36.4 Å². The molecule has 1 N–H and O–H groups in total. The lowest BCUT2D eigenvalue weighted by Gasteiger charge is -2.33. The van der Waals surface area contributed by atoms with E-state index in [2.05, 4.69) is 5.32 Å². The molecule has 0 aliphatic carbocycles. The summed E-state index contributed by atoms with van der Waals surface area (Å²) in [5.41, 5.74) is 0.576. The van der Waals surface area contributed by atoms with Crippen LogP contribution >= 0.6 is 0 Å². The third-order valence-corrected chi connectivity index (χ3v) is 5.64. The largest absolute Gasteiger partial charge is 0.492 e. The zero-order valence-corrected chi connectivity index (χ0v) is 18.9. The van der Waals surface area contributed by atoms with Crippen LogP contribution in [0, 0.1) is 0 Å². The maximum atomic E-state index is 12.8. The van der Waals surface area contributed by atoms with Crippen molar-refractivity contribution >= 4 is 34.2 Å². The molecule has 0 spiro atoms. The number of rotatable bonds is 6. The van der Waals surface area contributed by atoms with E-state index < -0.39 is 17.6 Å². The van der Waals surface area contributed by atoms with Crippen molar-refractivity contribution in [3.8, 4) is 11.5 Å². The number of nitrogens with one attached hydrogen (secondary N) is 1. The smallest absolute Gasteiger partial charge is 0.349 e. The Hall–Kier alpha value is -4.59. The number of para-hydroxylation sites is 2. The van der Waals surface area contributed by atoms with E-state index >= 15 is 0 Å². The first-order valence-corrected chi connectivity index (χ1v) is 11.1. The Labute approximate surface area is 200 Å². The molecule has 8 heteroatoms. The predicted octanol–water partition coefficient (Wildman–Crippen LogP) is 4.24. The van der Waals surface area contributed by atoms with Crippen molar-refractivity contribution in [1.82, 2.24) is 0 Å². The number of ether oxygens (including phenoxy) is 2. The fraction of sp³-hybridized carbons (Fsp3) is 0.148. The number of carbonyl (C=O) groups is 2. The van der Waals surface area contributed by atoms with E-state index in [0.717, 1.165) is 5.75 Å². The highest BCUT2D eigenvalue weighted by Gasteiger charge is 2.31. The average molecular weight is 470 g/mol. The molecular weight excluding hydrogens is 448 g/mol.